The van der Waals surface area contributed by atoms with Gasteiger partial charge in [0.2, 0.25) is 0 Å². The van der Waals surface area contributed by atoms with Gasteiger partial charge >= 0.3 is 0 Å². The summed E-state index contributed by atoms with van der Waals surface area (Å²) in [6, 6.07) is 9.91. The first kappa shape index (κ1) is 13.6. The van der Waals surface area contributed by atoms with Crippen molar-refractivity contribution in [3.05, 3.63) is 35.4 Å². The lowest BCUT2D eigenvalue weighted by molar-refractivity contribution is 0.507. The molecule has 1 saturated heterocycles. The predicted molar refractivity (Wildman–Crippen MR) is 79.1 cm³/mol. The van der Waals surface area contributed by atoms with Crippen molar-refractivity contribution in [2.75, 3.05) is 6.54 Å². The zero-order chi connectivity index (χ0) is 13.0. The van der Waals surface area contributed by atoms with Crippen LogP contribution < -0.4 is 5.32 Å². The van der Waals surface area contributed by atoms with Gasteiger partial charge in [-0.1, -0.05) is 57.9 Å². The highest BCUT2D eigenvalue weighted by molar-refractivity contribution is 5.28. The average Bonchev–Trinajstić information content (AvgIpc) is 2.57. The molecule has 0 bridgehead atoms. The Morgan fingerprint density at radius 3 is 2.44 bits per heavy atom. The van der Waals surface area contributed by atoms with Gasteiger partial charge in [0.1, 0.15) is 0 Å². The van der Waals surface area contributed by atoms with Gasteiger partial charge < -0.3 is 5.32 Å². The third-order valence-electron chi connectivity index (χ3n) is 3.96. The fraction of sp³-hybridized carbons (Fsp3) is 0.647. The number of nitrogens with one attached hydrogen (secondary N) is 1. The van der Waals surface area contributed by atoms with Crippen LogP contribution in [0.1, 0.15) is 57.6 Å². The van der Waals surface area contributed by atoms with E-state index >= 15 is 0 Å². The van der Waals surface area contributed by atoms with Crippen molar-refractivity contribution in [2.45, 2.75) is 64.3 Å². The van der Waals surface area contributed by atoms with Gasteiger partial charge in [-0.3, -0.25) is 0 Å². The summed E-state index contributed by atoms with van der Waals surface area (Å²) in [5.74, 6) is 0. The number of hydrogen-bond donors (Lipinski definition) is 1. The SMILES string of the molecule is CC(C)(C)c1ccc(C[C@@H]2CCCCCN2)cc1. The van der Waals surface area contributed by atoms with Crippen LogP contribution in [0.2, 0.25) is 0 Å². The van der Waals surface area contributed by atoms with Crippen LogP contribution in [0.3, 0.4) is 0 Å². The molecule has 1 aromatic rings. The van der Waals surface area contributed by atoms with Gasteiger partial charge in [0, 0.05) is 6.04 Å². The van der Waals surface area contributed by atoms with E-state index in [1.54, 1.807) is 0 Å². The molecule has 0 aromatic heterocycles. The topological polar surface area (TPSA) is 12.0 Å². The fourth-order valence-corrected chi connectivity index (χ4v) is 2.70. The lowest BCUT2D eigenvalue weighted by Gasteiger charge is -2.20. The Hall–Kier alpha value is -0.820. The van der Waals surface area contributed by atoms with Crippen LogP contribution in [0.4, 0.5) is 0 Å². The van der Waals surface area contributed by atoms with Crippen LogP contribution in [0.5, 0.6) is 0 Å². The quantitative estimate of drug-likeness (QED) is 0.828. The van der Waals surface area contributed by atoms with Crippen molar-refractivity contribution < 1.29 is 0 Å². The highest BCUT2D eigenvalue weighted by Gasteiger charge is 2.15. The fourth-order valence-electron chi connectivity index (χ4n) is 2.70. The van der Waals surface area contributed by atoms with Crippen LogP contribution in [0.25, 0.3) is 0 Å². The van der Waals surface area contributed by atoms with Crippen molar-refractivity contribution in [1.29, 1.82) is 0 Å². The molecule has 1 aromatic carbocycles. The maximum Gasteiger partial charge on any atom is 0.0107 e. The van der Waals surface area contributed by atoms with Crippen molar-refractivity contribution in [3.63, 3.8) is 0 Å². The summed E-state index contributed by atoms with van der Waals surface area (Å²) >= 11 is 0. The molecular weight excluding hydrogens is 218 g/mol. The van der Waals surface area contributed by atoms with E-state index in [0.717, 1.165) is 0 Å². The molecule has 1 N–H and O–H groups in total. The summed E-state index contributed by atoms with van der Waals surface area (Å²) in [4.78, 5) is 0. The van der Waals surface area contributed by atoms with E-state index < -0.39 is 0 Å². The molecule has 0 spiro atoms. The minimum Gasteiger partial charge on any atom is -0.314 e. The molecule has 2 rings (SSSR count). The lowest BCUT2D eigenvalue weighted by Crippen LogP contribution is -2.30. The standard InChI is InChI=1S/C17H27N/c1-17(2,3)15-10-8-14(9-11-15)13-16-7-5-4-6-12-18-16/h8-11,16,18H,4-7,12-13H2,1-3H3/t16-/m0/s1. The van der Waals surface area contributed by atoms with Gasteiger partial charge in [-0.2, -0.15) is 0 Å². The van der Waals surface area contributed by atoms with E-state index in [9.17, 15) is 0 Å². The molecule has 0 saturated carbocycles. The third kappa shape index (κ3) is 3.84. The second-order valence-corrected chi connectivity index (χ2v) is 6.65. The molecule has 18 heavy (non-hydrogen) atoms. The Kier molecular flexibility index (Phi) is 4.45. The second-order valence-electron chi connectivity index (χ2n) is 6.65. The molecule has 100 valence electrons. The first-order valence-corrected chi connectivity index (χ1v) is 7.38. The Morgan fingerprint density at radius 2 is 1.78 bits per heavy atom. The van der Waals surface area contributed by atoms with Gasteiger partial charge in [-0.25, -0.2) is 0 Å². The van der Waals surface area contributed by atoms with Crippen LogP contribution in [-0.4, -0.2) is 12.6 Å². The Labute approximate surface area is 112 Å². The van der Waals surface area contributed by atoms with Gasteiger partial charge in [0.05, 0.1) is 0 Å². The van der Waals surface area contributed by atoms with E-state index in [-0.39, 0.29) is 5.41 Å². The summed E-state index contributed by atoms with van der Waals surface area (Å²) < 4.78 is 0. The van der Waals surface area contributed by atoms with Gasteiger partial charge in [0.15, 0.2) is 0 Å². The molecule has 1 fully saturated rings. The summed E-state index contributed by atoms with van der Waals surface area (Å²) in [6.07, 6.45) is 6.65. The maximum atomic E-state index is 3.67. The van der Waals surface area contributed by atoms with Crippen LogP contribution in [0.15, 0.2) is 24.3 Å². The van der Waals surface area contributed by atoms with Gasteiger partial charge in [-0.15, -0.1) is 0 Å². The molecule has 0 radical (unpaired) electrons. The van der Waals surface area contributed by atoms with Gasteiger partial charge in [-0.05, 0) is 42.3 Å². The molecule has 0 unspecified atom stereocenters. The first-order chi connectivity index (χ1) is 8.55. The van der Waals surface area contributed by atoms with Crippen molar-refractivity contribution in [2.24, 2.45) is 0 Å². The second kappa shape index (κ2) is 5.88. The molecular formula is C17H27N. The van der Waals surface area contributed by atoms with Crippen LogP contribution >= 0.6 is 0 Å². The van der Waals surface area contributed by atoms with Crippen LogP contribution in [0, 0.1) is 0 Å². The number of hydrogen-bond acceptors (Lipinski definition) is 1. The monoisotopic (exact) mass is 245 g/mol. The van der Waals surface area contributed by atoms with E-state index in [1.165, 1.54) is 49.8 Å². The summed E-state index contributed by atoms with van der Waals surface area (Å²) in [5, 5.41) is 3.67. The summed E-state index contributed by atoms with van der Waals surface area (Å²) in [7, 11) is 0. The molecule has 1 heterocycles. The normalized spacial score (nSPS) is 21.6. The highest BCUT2D eigenvalue weighted by atomic mass is 14.9. The van der Waals surface area contributed by atoms with E-state index in [0.29, 0.717) is 6.04 Å². The smallest absolute Gasteiger partial charge is 0.0107 e. The Morgan fingerprint density at radius 1 is 1.06 bits per heavy atom. The minimum atomic E-state index is 0.263. The minimum absolute atomic E-state index is 0.263. The third-order valence-corrected chi connectivity index (χ3v) is 3.96. The first-order valence-electron chi connectivity index (χ1n) is 7.38. The zero-order valence-electron chi connectivity index (χ0n) is 12.1. The molecule has 0 aliphatic carbocycles. The van der Waals surface area contributed by atoms with E-state index in [2.05, 4.69) is 50.4 Å². The maximum absolute atomic E-state index is 3.67. The van der Waals surface area contributed by atoms with E-state index in [1.807, 2.05) is 0 Å². The molecule has 0 amide bonds. The van der Waals surface area contributed by atoms with Crippen molar-refractivity contribution in [3.8, 4) is 0 Å². The largest absolute Gasteiger partial charge is 0.314 e. The molecule has 1 atom stereocenters. The molecule has 1 nitrogen and oxygen atoms in total. The summed E-state index contributed by atoms with van der Waals surface area (Å²) in [5.41, 5.74) is 3.17. The van der Waals surface area contributed by atoms with Crippen LogP contribution in [-0.2, 0) is 11.8 Å². The number of rotatable bonds is 2. The average molecular weight is 245 g/mol. The zero-order valence-corrected chi connectivity index (χ0v) is 12.1. The Balaban J connectivity index is 1.97. The number of benzene rings is 1. The van der Waals surface area contributed by atoms with Gasteiger partial charge in [0.25, 0.3) is 0 Å². The Bertz CT molecular complexity index is 350. The molecule has 1 aliphatic heterocycles. The highest BCUT2D eigenvalue weighted by Crippen LogP contribution is 2.23. The summed E-state index contributed by atoms with van der Waals surface area (Å²) in [6.45, 7) is 8.02. The van der Waals surface area contributed by atoms with E-state index in [4.69, 9.17) is 0 Å². The lowest BCUT2D eigenvalue weighted by atomic mass is 9.86. The van der Waals surface area contributed by atoms with Crippen molar-refractivity contribution >= 4 is 0 Å². The molecule has 1 aliphatic rings. The predicted octanol–water partition coefficient (Wildman–Crippen LogP) is 4.06. The van der Waals surface area contributed by atoms with Crippen molar-refractivity contribution in [1.82, 2.24) is 5.32 Å². The molecule has 1 heteroatoms.